The van der Waals surface area contributed by atoms with Gasteiger partial charge in [-0.3, -0.25) is 9.59 Å². The molecule has 3 aliphatic rings. The Morgan fingerprint density at radius 3 is 2.68 bits per heavy atom. The Bertz CT molecular complexity index is 929. The van der Waals surface area contributed by atoms with Gasteiger partial charge in [-0.05, 0) is 25.7 Å². The molecule has 0 aromatic carbocycles. The molecule has 0 radical (unpaired) electrons. The van der Waals surface area contributed by atoms with Crippen molar-refractivity contribution in [2.24, 2.45) is 17.8 Å². The first-order valence-corrected chi connectivity index (χ1v) is 12.9. The minimum atomic E-state index is -1.12. The summed E-state index contributed by atoms with van der Waals surface area (Å²) in [6.45, 7) is 8.50. The normalized spacial score (nSPS) is 28.9. The Kier molecular flexibility index (Phi) is 8.42. The molecular formula is C24H34N4O5S. The molecule has 2 fully saturated rings. The van der Waals surface area contributed by atoms with Gasteiger partial charge >= 0.3 is 5.97 Å². The monoisotopic (exact) mass is 490 g/mol. The first kappa shape index (κ1) is 26.2. The van der Waals surface area contributed by atoms with Crippen LogP contribution in [0.3, 0.4) is 0 Å². The van der Waals surface area contributed by atoms with Crippen molar-refractivity contribution in [3.63, 3.8) is 0 Å². The number of hydrogen-bond acceptors (Lipinski definition) is 7. The molecule has 0 spiro atoms. The lowest BCUT2D eigenvalue weighted by molar-refractivity contribution is -0.160. The van der Waals surface area contributed by atoms with Gasteiger partial charge in [-0.15, -0.1) is 11.8 Å². The minimum Gasteiger partial charge on any atom is -0.477 e. The number of nitriles is 1. The molecule has 0 aliphatic carbocycles. The van der Waals surface area contributed by atoms with Crippen LogP contribution in [-0.4, -0.2) is 75.4 Å². The highest BCUT2D eigenvalue weighted by atomic mass is 32.2. The zero-order valence-electron chi connectivity index (χ0n) is 20.2. The number of fused-ring (bicyclic) bond motifs is 1. The van der Waals surface area contributed by atoms with Crippen molar-refractivity contribution >= 4 is 35.3 Å². The molecule has 0 unspecified atom stereocenters. The van der Waals surface area contributed by atoms with E-state index in [1.54, 1.807) is 4.90 Å². The molecule has 2 saturated heterocycles. The smallest absolute Gasteiger partial charge is 0.353 e. The number of ketones is 1. The second kappa shape index (κ2) is 10.9. The molecule has 6 atom stereocenters. The maximum Gasteiger partial charge on any atom is 0.353 e. The van der Waals surface area contributed by atoms with E-state index in [0.29, 0.717) is 30.8 Å². The minimum absolute atomic E-state index is 0.0160. The maximum absolute atomic E-state index is 12.9. The number of amides is 2. The largest absolute Gasteiger partial charge is 0.477 e. The van der Waals surface area contributed by atoms with Crippen LogP contribution >= 0.6 is 11.8 Å². The molecule has 0 aromatic rings. The summed E-state index contributed by atoms with van der Waals surface area (Å²) in [5.74, 6) is -2.08. The summed E-state index contributed by atoms with van der Waals surface area (Å²) in [6.07, 6.45) is 2.59. The summed E-state index contributed by atoms with van der Waals surface area (Å²) in [5, 5.41) is 22.2. The van der Waals surface area contributed by atoms with E-state index >= 15 is 0 Å². The van der Waals surface area contributed by atoms with Crippen LogP contribution in [-0.2, 0) is 19.2 Å². The van der Waals surface area contributed by atoms with Crippen LogP contribution in [0.4, 0.5) is 0 Å². The zero-order valence-corrected chi connectivity index (χ0v) is 21.1. The molecule has 3 rings (SSSR count). The fourth-order valence-electron chi connectivity index (χ4n) is 5.43. The van der Waals surface area contributed by atoms with Crippen LogP contribution in [0.25, 0.3) is 0 Å². The number of β-lactam (4-membered cyclic amide) rings is 1. The average Bonchev–Trinajstić information content (AvgIpc) is 3.32. The van der Waals surface area contributed by atoms with Gasteiger partial charge < -0.3 is 25.0 Å². The number of nitrogens with one attached hydrogen (secondary N) is 1. The van der Waals surface area contributed by atoms with Gasteiger partial charge in [-0.25, -0.2) is 4.79 Å². The Morgan fingerprint density at radius 2 is 2.09 bits per heavy atom. The Balaban J connectivity index is 1.71. The number of carbonyl (C=O) groups is 4. The number of rotatable bonds is 11. The molecule has 9 nitrogen and oxygen atoms in total. The molecule has 2 N–H and O–H groups in total. The molecule has 2 amide bonds. The van der Waals surface area contributed by atoms with Crippen LogP contribution in [0, 0.1) is 29.1 Å². The van der Waals surface area contributed by atoms with Gasteiger partial charge in [0.05, 0.1) is 24.1 Å². The van der Waals surface area contributed by atoms with E-state index < -0.39 is 12.0 Å². The number of nitrogens with zero attached hydrogens (tertiary/aromatic N) is 3. The van der Waals surface area contributed by atoms with Crippen molar-refractivity contribution in [1.82, 2.24) is 15.1 Å². The van der Waals surface area contributed by atoms with E-state index in [2.05, 4.69) is 11.4 Å². The third kappa shape index (κ3) is 5.01. The van der Waals surface area contributed by atoms with E-state index in [0.717, 1.165) is 12.8 Å². The highest BCUT2D eigenvalue weighted by Gasteiger charge is 2.60. The van der Waals surface area contributed by atoms with Crippen LogP contribution in [0.15, 0.2) is 10.6 Å². The SMILES string of the molecule is CCCCN(CC#N)C(=O)[C@@H]1C[C@H](SC2=C(C(=O)O)N3C(=O)[C@H]([C@@H](C)CC(C)=O)[C@H]3[C@H]2C)CN1. The molecule has 3 heterocycles. The van der Waals surface area contributed by atoms with Gasteiger partial charge in [0, 0.05) is 35.6 Å². The molecule has 10 heteroatoms. The Labute approximate surface area is 204 Å². The number of Topliss-reactive ketones (excluding diaryl/α,β-unsaturated/α-hetero) is 1. The van der Waals surface area contributed by atoms with Gasteiger partial charge in [0.1, 0.15) is 18.0 Å². The van der Waals surface area contributed by atoms with Crippen molar-refractivity contribution in [1.29, 1.82) is 5.26 Å². The van der Waals surface area contributed by atoms with Gasteiger partial charge in [-0.2, -0.15) is 5.26 Å². The van der Waals surface area contributed by atoms with E-state index in [1.807, 2.05) is 20.8 Å². The van der Waals surface area contributed by atoms with Crippen LogP contribution in [0.5, 0.6) is 0 Å². The van der Waals surface area contributed by atoms with E-state index in [1.165, 1.54) is 23.6 Å². The molecule has 0 saturated carbocycles. The summed E-state index contributed by atoms with van der Waals surface area (Å²) >= 11 is 1.44. The van der Waals surface area contributed by atoms with E-state index in [-0.39, 0.29) is 58.9 Å². The molecule has 34 heavy (non-hydrogen) atoms. The lowest BCUT2D eigenvalue weighted by Crippen LogP contribution is -2.62. The third-order valence-electron chi connectivity index (χ3n) is 7.05. The van der Waals surface area contributed by atoms with E-state index in [4.69, 9.17) is 5.26 Å². The molecule has 3 aliphatic heterocycles. The van der Waals surface area contributed by atoms with Crippen molar-refractivity contribution in [3.05, 3.63) is 10.6 Å². The van der Waals surface area contributed by atoms with Crippen molar-refractivity contribution < 1.29 is 24.3 Å². The quantitative estimate of drug-likeness (QED) is 0.332. The fourth-order valence-corrected chi connectivity index (χ4v) is 6.91. The lowest BCUT2D eigenvalue weighted by atomic mass is 9.73. The third-order valence-corrected chi connectivity index (χ3v) is 8.56. The lowest BCUT2D eigenvalue weighted by Gasteiger charge is -2.47. The summed E-state index contributed by atoms with van der Waals surface area (Å²) < 4.78 is 0. The molecule has 0 aromatic heterocycles. The predicted molar refractivity (Wildman–Crippen MR) is 127 cm³/mol. The highest BCUT2D eigenvalue weighted by molar-refractivity contribution is 8.03. The summed E-state index contributed by atoms with van der Waals surface area (Å²) in [7, 11) is 0. The zero-order chi connectivity index (χ0) is 25.2. The summed E-state index contributed by atoms with van der Waals surface area (Å²) in [4.78, 5) is 53.2. The number of carboxylic acid groups (broad SMARTS) is 1. The number of aliphatic carboxylic acids is 1. The van der Waals surface area contributed by atoms with Gasteiger partial charge in [-0.1, -0.05) is 27.2 Å². The second-order valence-corrected chi connectivity index (χ2v) is 11.0. The Hall–Kier alpha value is -2.38. The first-order valence-electron chi connectivity index (χ1n) is 12.0. The number of hydrogen-bond donors (Lipinski definition) is 2. The maximum atomic E-state index is 12.9. The van der Waals surface area contributed by atoms with Crippen LogP contribution in [0.2, 0.25) is 0 Å². The van der Waals surface area contributed by atoms with Crippen LogP contribution < -0.4 is 5.32 Å². The predicted octanol–water partition coefficient (Wildman–Crippen LogP) is 1.99. The highest BCUT2D eigenvalue weighted by Crippen LogP contribution is 2.53. The number of unbranched alkanes of at least 4 members (excludes halogenated alkanes) is 1. The number of carboxylic acids is 1. The van der Waals surface area contributed by atoms with Gasteiger partial charge in [0.2, 0.25) is 11.8 Å². The van der Waals surface area contributed by atoms with Gasteiger partial charge in [0.25, 0.3) is 0 Å². The van der Waals surface area contributed by atoms with Gasteiger partial charge in [0.15, 0.2) is 0 Å². The second-order valence-electron chi connectivity index (χ2n) is 9.62. The summed E-state index contributed by atoms with van der Waals surface area (Å²) in [5.41, 5.74) is 0.0441. The van der Waals surface area contributed by atoms with E-state index in [9.17, 15) is 24.3 Å². The molecular weight excluding hydrogens is 456 g/mol. The van der Waals surface area contributed by atoms with Crippen LogP contribution in [0.1, 0.15) is 53.4 Å². The number of carbonyl (C=O) groups excluding carboxylic acids is 3. The molecule has 186 valence electrons. The van der Waals surface area contributed by atoms with Crippen molar-refractivity contribution in [2.75, 3.05) is 19.6 Å². The fraction of sp³-hybridized carbons (Fsp3) is 0.708. The van der Waals surface area contributed by atoms with Crippen molar-refractivity contribution in [3.8, 4) is 6.07 Å². The molecule has 0 bridgehead atoms. The van der Waals surface area contributed by atoms with Crippen molar-refractivity contribution in [2.45, 2.75) is 70.7 Å². The topological polar surface area (TPSA) is 131 Å². The first-order chi connectivity index (χ1) is 16.1. The standard InChI is InChI=1S/C24H34N4O5S/c1-5-6-8-27(9-7-25)22(30)17-11-16(12-26-17)34-21-15(4)19-18(13(2)10-14(3)29)23(31)28(19)20(21)24(32)33/h13,15-19,26H,5-6,8-12H2,1-4H3,(H,32,33)/t13-,15+,16-,17-,18+,19+/m0/s1. The number of thioether (sulfide) groups is 1. The average molecular weight is 491 g/mol. The Morgan fingerprint density at radius 1 is 1.38 bits per heavy atom. The summed E-state index contributed by atoms with van der Waals surface area (Å²) in [6, 6.07) is 1.41.